The molecule has 17 unspecified atom stereocenters. The lowest BCUT2D eigenvalue weighted by atomic mass is 9.96. The normalized spacial score (nSPS) is 29.6. The van der Waals surface area contributed by atoms with Gasteiger partial charge >= 0.3 is 0 Å². The predicted molar refractivity (Wildman–Crippen MR) is 319 cm³/mol. The third-order valence-electron chi connectivity index (χ3n) is 16.4. The number of unbranched alkanes of at least 4 members (excludes halogenated alkanes) is 29. The maximum atomic E-state index is 13.3. The van der Waals surface area contributed by atoms with Gasteiger partial charge in [0, 0.05) is 6.42 Å². The molecule has 0 radical (unpaired) electrons. The number of hydrogen-bond acceptors (Lipinski definition) is 18. The largest absolute Gasteiger partial charge is 0.394 e. The number of carbonyl (C=O) groups is 1. The first kappa shape index (κ1) is 75.3. The topological polar surface area (TPSA) is 307 Å². The SMILES string of the molecule is CCC/C=C\C/C=C\CCCCCCCC(=O)NC(COC1OC(CO)C(OC2OC(CO)C(OC3OC(CO)C(O)C(O)C3O)C(O)C2O)C(O)C1O)C(O)/C=C/CCCCCCCCCCCCCCCCCCCCCCCCC. The van der Waals surface area contributed by atoms with Crippen LogP contribution in [0.25, 0.3) is 0 Å². The van der Waals surface area contributed by atoms with E-state index in [9.17, 15) is 61.0 Å². The molecule has 0 aromatic rings. The minimum atomic E-state index is -1.98. The van der Waals surface area contributed by atoms with Crippen LogP contribution >= 0.6 is 0 Å². The number of ether oxygens (including phenoxy) is 6. The minimum absolute atomic E-state index is 0.227. The lowest BCUT2D eigenvalue weighted by Gasteiger charge is -2.48. The summed E-state index contributed by atoms with van der Waals surface area (Å²) in [6.45, 7) is 1.66. The van der Waals surface area contributed by atoms with E-state index in [0.717, 1.165) is 77.0 Å². The summed E-state index contributed by atoms with van der Waals surface area (Å²) in [7, 11) is 0. The molecule has 0 spiro atoms. The van der Waals surface area contributed by atoms with Crippen molar-refractivity contribution in [2.75, 3.05) is 26.4 Å². The Labute approximate surface area is 498 Å². The molecule has 12 N–H and O–H groups in total. The summed E-state index contributed by atoms with van der Waals surface area (Å²) < 4.78 is 34.3. The monoisotopic (exact) mass is 1190 g/mol. The standard InChI is InChI=1S/C64H117NO18/c1-3-5-7-9-11-13-15-17-18-19-20-21-22-23-24-25-26-27-28-30-31-33-35-37-39-41-48(69)47(65-52(70)42-40-38-36-34-32-29-16-14-12-10-8-6-4-2)46-78-62-58(76)55(73)60(50(44-67)80-62)83-64-59(77)56(74)61(51(45-68)81-64)82-63-57(75)54(72)53(71)49(43-66)79-63/h8,10,14,16,39,41,47-51,53-64,66-69,71-77H,3-7,9,11-13,15,17-38,40,42-46H2,1-2H3,(H,65,70)/b10-8-,16-14-,41-39+. The van der Waals surface area contributed by atoms with Crippen LogP contribution in [-0.2, 0) is 33.2 Å². The molecule has 83 heavy (non-hydrogen) atoms. The van der Waals surface area contributed by atoms with E-state index >= 15 is 0 Å². The van der Waals surface area contributed by atoms with Crippen LogP contribution in [0.15, 0.2) is 36.5 Å². The Morgan fingerprint density at radius 2 is 0.819 bits per heavy atom. The molecular formula is C64H117NO18. The third kappa shape index (κ3) is 30.2. The molecule has 3 rings (SSSR count). The average molecular weight is 1190 g/mol. The fraction of sp³-hybridized carbons (Fsp3) is 0.891. The number of carbonyl (C=O) groups excluding carboxylic acids is 1. The Morgan fingerprint density at radius 1 is 0.434 bits per heavy atom. The summed E-state index contributed by atoms with van der Waals surface area (Å²) in [6, 6.07) is -0.980. The van der Waals surface area contributed by atoms with Crippen LogP contribution in [0.4, 0.5) is 0 Å². The van der Waals surface area contributed by atoms with Gasteiger partial charge in [-0.2, -0.15) is 0 Å². The highest BCUT2D eigenvalue weighted by Crippen LogP contribution is 2.33. The first-order valence-corrected chi connectivity index (χ1v) is 32.7. The van der Waals surface area contributed by atoms with E-state index in [1.54, 1.807) is 6.08 Å². The van der Waals surface area contributed by atoms with Crippen molar-refractivity contribution in [2.24, 2.45) is 0 Å². The zero-order valence-electron chi connectivity index (χ0n) is 50.9. The second-order valence-corrected chi connectivity index (χ2v) is 23.6. The van der Waals surface area contributed by atoms with Crippen molar-refractivity contribution in [3.63, 3.8) is 0 Å². The molecule has 3 aliphatic heterocycles. The van der Waals surface area contributed by atoms with Crippen LogP contribution in [0.5, 0.6) is 0 Å². The van der Waals surface area contributed by atoms with E-state index in [4.69, 9.17) is 28.4 Å². The fourth-order valence-corrected chi connectivity index (χ4v) is 11.1. The Balaban J connectivity index is 1.45. The van der Waals surface area contributed by atoms with Crippen LogP contribution in [0.2, 0.25) is 0 Å². The zero-order chi connectivity index (χ0) is 60.5. The van der Waals surface area contributed by atoms with Gasteiger partial charge in [-0.05, 0) is 44.9 Å². The molecule has 3 heterocycles. The van der Waals surface area contributed by atoms with Crippen molar-refractivity contribution in [3.05, 3.63) is 36.5 Å². The number of amides is 1. The maximum absolute atomic E-state index is 13.3. The molecule has 0 bridgehead atoms. The highest BCUT2D eigenvalue weighted by molar-refractivity contribution is 5.76. The van der Waals surface area contributed by atoms with E-state index in [1.807, 2.05) is 6.08 Å². The molecule has 19 heteroatoms. The van der Waals surface area contributed by atoms with Crippen LogP contribution in [0, 0.1) is 0 Å². The van der Waals surface area contributed by atoms with Gasteiger partial charge in [0.25, 0.3) is 0 Å². The smallest absolute Gasteiger partial charge is 0.220 e. The van der Waals surface area contributed by atoms with Gasteiger partial charge in [0.1, 0.15) is 73.2 Å². The second kappa shape index (κ2) is 47.1. The number of nitrogens with one attached hydrogen (secondary N) is 1. The number of aliphatic hydroxyl groups excluding tert-OH is 11. The number of hydrogen-bond donors (Lipinski definition) is 12. The molecule has 0 aliphatic carbocycles. The van der Waals surface area contributed by atoms with Crippen LogP contribution in [-0.4, -0.2) is 193 Å². The van der Waals surface area contributed by atoms with Gasteiger partial charge in [0.15, 0.2) is 18.9 Å². The molecule has 1 amide bonds. The van der Waals surface area contributed by atoms with E-state index in [1.165, 1.54) is 128 Å². The van der Waals surface area contributed by atoms with Crippen molar-refractivity contribution >= 4 is 5.91 Å². The first-order chi connectivity index (χ1) is 40.3. The summed E-state index contributed by atoms with van der Waals surface area (Å²) in [6.07, 6.45) is 25.6. The molecule has 486 valence electrons. The van der Waals surface area contributed by atoms with Gasteiger partial charge in [-0.3, -0.25) is 4.79 Å². The maximum Gasteiger partial charge on any atom is 0.220 e. The van der Waals surface area contributed by atoms with E-state index in [2.05, 4.69) is 43.5 Å². The van der Waals surface area contributed by atoms with Crippen LogP contribution < -0.4 is 5.32 Å². The van der Waals surface area contributed by atoms with Gasteiger partial charge in [-0.1, -0.05) is 217 Å². The Morgan fingerprint density at radius 3 is 1.28 bits per heavy atom. The molecule has 3 saturated heterocycles. The van der Waals surface area contributed by atoms with Gasteiger partial charge in [0.05, 0.1) is 38.6 Å². The van der Waals surface area contributed by atoms with Crippen molar-refractivity contribution in [3.8, 4) is 0 Å². The Kier molecular flexibility index (Phi) is 42.7. The number of rotatable bonds is 49. The van der Waals surface area contributed by atoms with Crippen LogP contribution in [0.1, 0.15) is 232 Å². The van der Waals surface area contributed by atoms with Crippen molar-refractivity contribution in [2.45, 2.75) is 336 Å². The van der Waals surface area contributed by atoms with Gasteiger partial charge in [0.2, 0.25) is 5.91 Å². The Bertz CT molecular complexity index is 1660. The van der Waals surface area contributed by atoms with Gasteiger partial charge in [-0.15, -0.1) is 0 Å². The summed E-state index contributed by atoms with van der Waals surface area (Å²) in [5, 5.41) is 120. The molecule has 3 aliphatic rings. The highest BCUT2D eigenvalue weighted by Gasteiger charge is 2.53. The number of aliphatic hydroxyl groups is 11. The molecule has 19 nitrogen and oxygen atoms in total. The lowest BCUT2D eigenvalue weighted by molar-refractivity contribution is -0.379. The fourth-order valence-electron chi connectivity index (χ4n) is 11.1. The van der Waals surface area contributed by atoms with E-state index in [-0.39, 0.29) is 18.9 Å². The predicted octanol–water partition coefficient (Wildman–Crippen LogP) is 7.27. The molecular weight excluding hydrogens is 1070 g/mol. The van der Waals surface area contributed by atoms with Gasteiger partial charge in [-0.25, -0.2) is 0 Å². The lowest BCUT2D eigenvalue weighted by Crippen LogP contribution is -2.66. The third-order valence-corrected chi connectivity index (χ3v) is 16.4. The summed E-state index contributed by atoms with van der Waals surface area (Å²) >= 11 is 0. The van der Waals surface area contributed by atoms with Crippen molar-refractivity contribution < 1.29 is 89.4 Å². The second-order valence-electron chi connectivity index (χ2n) is 23.6. The van der Waals surface area contributed by atoms with Crippen molar-refractivity contribution in [1.29, 1.82) is 0 Å². The van der Waals surface area contributed by atoms with E-state index in [0.29, 0.717) is 6.42 Å². The minimum Gasteiger partial charge on any atom is -0.394 e. The van der Waals surface area contributed by atoms with Gasteiger partial charge < -0.3 is 89.9 Å². The molecule has 0 aromatic carbocycles. The summed E-state index contributed by atoms with van der Waals surface area (Å²) in [5.74, 6) is -0.290. The molecule has 17 atom stereocenters. The highest BCUT2D eigenvalue weighted by atomic mass is 16.8. The molecule has 0 aromatic heterocycles. The zero-order valence-corrected chi connectivity index (χ0v) is 50.9. The first-order valence-electron chi connectivity index (χ1n) is 32.7. The van der Waals surface area contributed by atoms with E-state index < -0.39 is 124 Å². The van der Waals surface area contributed by atoms with Crippen molar-refractivity contribution in [1.82, 2.24) is 5.32 Å². The van der Waals surface area contributed by atoms with Crippen LogP contribution in [0.3, 0.4) is 0 Å². The Hall–Kier alpha value is -1.99. The quantitative estimate of drug-likeness (QED) is 0.0211. The average Bonchev–Trinajstić information content (AvgIpc) is 3.33. The molecule has 0 saturated carbocycles. The number of allylic oxidation sites excluding steroid dienone is 5. The summed E-state index contributed by atoms with van der Waals surface area (Å²) in [5.41, 5.74) is 0. The summed E-state index contributed by atoms with van der Waals surface area (Å²) in [4.78, 5) is 13.3. The molecule has 3 fully saturated rings.